The summed E-state index contributed by atoms with van der Waals surface area (Å²) in [6.45, 7) is 14.4. The minimum absolute atomic E-state index is 0.0192. The summed E-state index contributed by atoms with van der Waals surface area (Å²) in [7, 11) is 0. The van der Waals surface area contributed by atoms with Gasteiger partial charge >= 0.3 is 5.97 Å². The number of hydrogen-bond donors (Lipinski definition) is 15. The molecule has 9 rings (SSSR count). The molecular weight excluding hydrogens is 1030 g/mol. The molecule has 4 saturated heterocycles. The Bertz CT molecular complexity index is 2170. The molecule has 8 fully saturated rings. The largest absolute Gasteiger partial charge is 0.479 e. The van der Waals surface area contributed by atoms with E-state index in [0.29, 0.717) is 38.5 Å². The molecule has 0 radical (unpaired) electrons. The number of aliphatic hydroxyl groups excluding tert-OH is 14. The molecular formula is C54H88O24. The monoisotopic (exact) mass is 1120 g/mol. The highest BCUT2D eigenvalue weighted by Crippen LogP contribution is 2.76. The first-order valence-electron chi connectivity index (χ1n) is 27.9. The van der Waals surface area contributed by atoms with Gasteiger partial charge in [0, 0.05) is 10.8 Å². The summed E-state index contributed by atoms with van der Waals surface area (Å²) in [5.41, 5.74) is -2.39. The highest BCUT2D eigenvalue weighted by molar-refractivity contribution is 5.73. The van der Waals surface area contributed by atoms with Crippen LogP contribution >= 0.6 is 0 Å². The number of aliphatic hydroxyl groups is 14. The van der Waals surface area contributed by atoms with Crippen LogP contribution in [0.15, 0.2) is 11.6 Å². The highest BCUT2D eigenvalue weighted by Gasteiger charge is 2.73. The Labute approximate surface area is 453 Å². The average Bonchev–Trinajstić information content (AvgIpc) is 3.50. The maximum Gasteiger partial charge on any atom is 0.335 e. The molecule has 0 aromatic heterocycles. The Morgan fingerprint density at radius 2 is 1.14 bits per heavy atom. The minimum Gasteiger partial charge on any atom is -0.479 e. The quantitative estimate of drug-likeness (QED) is 0.0709. The fraction of sp³-hybridized carbons (Fsp3) is 0.944. The van der Waals surface area contributed by atoms with Crippen molar-refractivity contribution in [2.24, 2.45) is 50.2 Å². The summed E-state index contributed by atoms with van der Waals surface area (Å²) < 4.78 is 48.9. The molecule has 0 amide bonds. The van der Waals surface area contributed by atoms with Gasteiger partial charge in [0.2, 0.25) is 0 Å². The summed E-state index contributed by atoms with van der Waals surface area (Å²) in [5.74, 6) is -1.97. The summed E-state index contributed by atoms with van der Waals surface area (Å²) in [6.07, 6.45) is -33.4. The average molecular weight is 1120 g/mol. The van der Waals surface area contributed by atoms with Gasteiger partial charge in [0.1, 0.15) is 85.5 Å². The van der Waals surface area contributed by atoms with Crippen LogP contribution < -0.4 is 0 Å². The standard InChI is InChI=1S/C54H88O24/c1-21-29(58)32(61)35(64)45(71-21)77-40-34(63)31(60)25(19-56)73-47(40)75-38-37(66)39(44(69)70)76-48(41(38)78-46-36(65)33(62)30(59)24(18-55)72-46)74-28-12-13-51(6)26(50(28,4)5)11-14-52(7)27(51)10-9-22-23-17-49(2,3)15-16-54(23,20-57)43(68)42(67)53(22,52)8/h9,21,23-43,45-48,55-68H,10-20H2,1-8H3,(H,69,70)/t21-,23+,24+,25+,26+,27+,28-,29-,30+,31-,32+,33-,34-,35+,36+,37-,38-,39-,40+,41+,42-,43+,45-,46-,47-,48+,51-,52+,53-,54+/m0/s1. The maximum atomic E-state index is 13.1. The smallest absolute Gasteiger partial charge is 0.335 e. The molecule has 78 heavy (non-hydrogen) atoms. The van der Waals surface area contributed by atoms with Gasteiger partial charge in [0.15, 0.2) is 31.3 Å². The Morgan fingerprint density at radius 1 is 0.577 bits per heavy atom. The molecule has 0 unspecified atom stereocenters. The van der Waals surface area contributed by atoms with Crippen LogP contribution in [0.5, 0.6) is 0 Å². The third-order valence-electron chi connectivity index (χ3n) is 21.6. The lowest BCUT2D eigenvalue weighted by Crippen LogP contribution is -2.72. The van der Waals surface area contributed by atoms with Crippen LogP contribution in [0.1, 0.15) is 107 Å². The van der Waals surface area contributed by atoms with Crippen LogP contribution in [0.25, 0.3) is 0 Å². The van der Waals surface area contributed by atoms with E-state index in [0.717, 1.165) is 18.4 Å². The van der Waals surface area contributed by atoms with E-state index in [2.05, 4.69) is 40.7 Å². The maximum absolute atomic E-state index is 13.1. The normalized spacial score (nSPS) is 54.9. The van der Waals surface area contributed by atoms with Crippen LogP contribution in [0.2, 0.25) is 0 Å². The molecule has 4 aliphatic heterocycles. The van der Waals surface area contributed by atoms with Crippen molar-refractivity contribution in [3.05, 3.63) is 11.6 Å². The molecule has 24 heteroatoms. The van der Waals surface area contributed by atoms with Gasteiger partial charge in [-0.2, -0.15) is 0 Å². The highest BCUT2D eigenvalue weighted by atomic mass is 16.8. The second kappa shape index (κ2) is 21.8. The van der Waals surface area contributed by atoms with E-state index >= 15 is 0 Å². The van der Waals surface area contributed by atoms with E-state index in [9.17, 15) is 81.4 Å². The number of ether oxygens (including phenoxy) is 8. The Morgan fingerprint density at radius 3 is 1.76 bits per heavy atom. The third kappa shape index (κ3) is 9.48. The molecule has 15 N–H and O–H groups in total. The van der Waals surface area contributed by atoms with Crippen molar-refractivity contribution in [1.29, 1.82) is 0 Å². The molecule has 4 heterocycles. The van der Waals surface area contributed by atoms with Gasteiger partial charge < -0.3 is 114 Å². The first kappa shape index (κ1) is 60.9. The van der Waals surface area contributed by atoms with E-state index in [1.54, 1.807) is 0 Å². The molecule has 30 atom stereocenters. The molecule has 0 bridgehead atoms. The van der Waals surface area contributed by atoms with Crippen molar-refractivity contribution < 1.29 is 119 Å². The van der Waals surface area contributed by atoms with E-state index in [1.165, 1.54) is 6.92 Å². The van der Waals surface area contributed by atoms with Crippen molar-refractivity contribution in [2.45, 2.75) is 248 Å². The molecule has 448 valence electrons. The van der Waals surface area contributed by atoms with Gasteiger partial charge in [-0.15, -0.1) is 0 Å². The van der Waals surface area contributed by atoms with Crippen molar-refractivity contribution in [1.82, 2.24) is 0 Å². The lowest BCUT2D eigenvalue weighted by atomic mass is 9.32. The molecule has 4 saturated carbocycles. The van der Waals surface area contributed by atoms with Crippen molar-refractivity contribution in [3.8, 4) is 0 Å². The molecule has 0 aromatic rings. The SMILES string of the molecule is C[C@@H]1O[C@@H](O[C@H]2[C@H](O[C@H]3[C@H](O)[C@@H](C(=O)O)O[C@@H](O[C@H]4CC[C@@]5(C)[C@H](CC[C@]6(C)[C@@H]5CC=C5[C@H]7CC(C)(C)CC[C@]7(CO)[C@H](O)[C@H](O)[C@]56C)C4(C)C)[C@@H]3O[C@@H]3O[C@H](CO)[C@@H](O)[C@H](O)[C@H]3O)O[C@H](CO)[C@H](O)[C@@H]2O)[C@H](O)[C@H](O)[C@H]1O. The van der Waals surface area contributed by atoms with Gasteiger partial charge in [-0.1, -0.05) is 60.1 Å². The number of rotatable bonds is 12. The van der Waals surface area contributed by atoms with Crippen molar-refractivity contribution >= 4 is 5.97 Å². The number of carboxylic acids is 1. The number of hydrogen-bond acceptors (Lipinski definition) is 23. The van der Waals surface area contributed by atoms with Crippen LogP contribution in [-0.4, -0.2) is 244 Å². The van der Waals surface area contributed by atoms with Gasteiger partial charge in [-0.25, -0.2) is 4.79 Å². The minimum atomic E-state index is -2.26. The summed E-state index contributed by atoms with van der Waals surface area (Å²) in [4.78, 5) is 13.1. The van der Waals surface area contributed by atoms with Gasteiger partial charge in [0.05, 0.1) is 44.2 Å². The lowest BCUT2D eigenvalue weighted by molar-refractivity contribution is -0.406. The number of allylic oxidation sites excluding steroid dienone is 1. The molecule has 0 spiro atoms. The summed E-state index contributed by atoms with van der Waals surface area (Å²) in [5, 5.41) is 166. The van der Waals surface area contributed by atoms with E-state index in [4.69, 9.17) is 37.9 Å². The lowest BCUT2D eigenvalue weighted by Gasteiger charge is -2.73. The van der Waals surface area contributed by atoms with Gasteiger partial charge in [-0.05, 0) is 97.7 Å². The van der Waals surface area contributed by atoms with Crippen LogP contribution in [0.3, 0.4) is 0 Å². The fourth-order valence-electron chi connectivity index (χ4n) is 16.7. The second-order valence-electron chi connectivity index (χ2n) is 26.5. The van der Waals surface area contributed by atoms with Gasteiger partial charge in [0.25, 0.3) is 0 Å². The molecule has 0 aromatic carbocycles. The Kier molecular flexibility index (Phi) is 17.0. The number of aliphatic carboxylic acids is 1. The van der Waals surface area contributed by atoms with E-state index < -0.39 is 187 Å². The number of carbonyl (C=O) groups is 1. The fourth-order valence-corrected chi connectivity index (χ4v) is 16.7. The summed E-state index contributed by atoms with van der Waals surface area (Å²) >= 11 is 0. The van der Waals surface area contributed by atoms with Crippen LogP contribution in [-0.2, 0) is 42.7 Å². The van der Waals surface area contributed by atoms with Crippen LogP contribution in [0.4, 0.5) is 0 Å². The topological polar surface area (TPSA) is 394 Å². The first-order valence-corrected chi connectivity index (χ1v) is 27.9. The van der Waals surface area contributed by atoms with E-state index in [-0.39, 0.29) is 29.8 Å². The summed E-state index contributed by atoms with van der Waals surface area (Å²) in [6, 6.07) is 0. The molecule has 24 nitrogen and oxygen atoms in total. The molecule has 9 aliphatic rings. The Hall–Kier alpha value is -1.67. The number of fused-ring (bicyclic) bond motifs is 7. The van der Waals surface area contributed by atoms with Crippen molar-refractivity contribution in [3.63, 3.8) is 0 Å². The van der Waals surface area contributed by atoms with Crippen LogP contribution in [0, 0.1) is 50.2 Å². The third-order valence-corrected chi connectivity index (χ3v) is 21.6. The van der Waals surface area contributed by atoms with Gasteiger partial charge in [-0.3, -0.25) is 0 Å². The zero-order valence-electron chi connectivity index (χ0n) is 45.7. The van der Waals surface area contributed by atoms with Crippen molar-refractivity contribution in [2.75, 3.05) is 19.8 Å². The predicted molar refractivity (Wildman–Crippen MR) is 265 cm³/mol. The Balaban J connectivity index is 1.05. The zero-order valence-corrected chi connectivity index (χ0v) is 45.7. The number of carboxylic acid groups (broad SMARTS) is 1. The predicted octanol–water partition coefficient (Wildman–Crippen LogP) is -2.50. The zero-order chi connectivity index (χ0) is 57.3. The molecule has 5 aliphatic carbocycles. The second-order valence-corrected chi connectivity index (χ2v) is 26.5. The van der Waals surface area contributed by atoms with E-state index in [1.807, 2.05) is 13.8 Å². The first-order chi connectivity index (χ1) is 36.4.